The van der Waals surface area contributed by atoms with E-state index in [0.717, 1.165) is 24.5 Å². The summed E-state index contributed by atoms with van der Waals surface area (Å²) in [5.74, 6) is -12.0. The molecule has 1 unspecified atom stereocenters. The number of esters is 1. The summed E-state index contributed by atoms with van der Waals surface area (Å²) in [7, 11) is 10.3. The van der Waals surface area contributed by atoms with Gasteiger partial charge in [-0.1, -0.05) is 116 Å². The molecule has 548 valence electrons. The number of nitrogens with zero attached hydrogens (tertiary/aromatic N) is 8. The zero-order valence-corrected chi connectivity index (χ0v) is 63.5. The summed E-state index contributed by atoms with van der Waals surface area (Å²) in [5, 5.41) is 2.86. The van der Waals surface area contributed by atoms with E-state index in [1.807, 2.05) is 75.3 Å². The van der Waals surface area contributed by atoms with Gasteiger partial charge in [0.15, 0.2) is 11.6 Å². The van der Waals surface area contributed by atoms with Gasteiger partial charge in [-0.25, -0.2) is 0 Å². The van der Waals surface area contributed by atoms with Gasteiger partial charge in [0, 0.05) is 106 Å². The molecule has 0 aliphatic carbocycles. The first-order valence-electron chi connectivity index (χ1n) is 35.4. The van der Waals surface area contributed by atoms with Gasteiger partial charge in [-0.2, -0.15) is 0 Å². The van der Waals surface area contributed by atoms with Crippen LogP contribution in [0.5, 0.6) is 0 Å². The first-order valence-corrected chi connectivity index (χ1v) is 35.4. The molecule has 2 saturated heterocycles. The van der Waals surface area contributed by atoms with Crippen molar-refractivity contribution < 1.29 is 67.0 Å². The SMILES string of the molecule is C/C=C/C[C@@H](C)[C@@H](OC(C)=O)[C@H]1C(=O)N[C@@H](CC)C(=O)N(C)[C@H](C)C(=O)N(C)C([C@H](C)CCCN2CCOCC2)C(=O)C[C@@H](C(C)C)C(=O)N(C)[C@@H](CC(C)C)C(=O)C[C@@H](C)C(=O)C[C@H](C)C(=O)N(C)[C@@H](CC(C)C)C(=O)N(C)[C@@H](CC(C)C)C(=O)N(C)[C@@H](C(C)C)C(=O)N1C. The van der Waals surface area contributed by atoms with Crippen molar-refractivity contribution in [2.75, 3.05) is 82.2 Å². The number of hydrogen-bond acceptors (Lipinski definition) is 15. The normalized spacial score (nSPS) is 27.6. The van der Waals surface area contributed by atoms with Crippen LogP contribution in [0, 0.1) is 59.2 Å². The molecule has 2 heterocycles. The summed E-state index contributed by atoms with van der Waals surface area (Å²) >= 11 is 0. The van der Waals surface area contributed by atoms with Gasteiger partial charge in [0.1, 0.15) is 48.1 Å². The Bertz CT molecular complexity index is 2660. The van der Waals surface area contributed by atoms with E-state index in [2.05, 4.69) is 10.2 Å². The number of morpholine rings is 1. The highest BCUT2D eigenvalue weighted by atomic mass is 16.5. The number of nitrogens with one attached hydrogen (secondary N) is 1. The molecule has 2 aliphatic heterocycles. The summed E-state index contributed by atoms with van der Waals surface area (Å²) in [6.07, 6.45) is 3.61. The van der Waals surface area contributed by atoms with Gasteiger partial charge < -0.3 is 49.1 Å². The number of ether oxygens (including phenoxy) is 2. The molecule has 0 bridgehead atoms. The van der Waals surface area contributed by atoms with Gasteiger partial charge in [-0.15, -0.1) is 0 Å². The minimum absolute atomic E-state index is 0.000132. The molecule has 2 fully saturated rings. The van der Waals surface area contributed by atoms with Crippen LogP contribution in [0.15, 0.2) is 12.2 Å². The standard InChI is InChI=1S/C73H127N9O14/c1-26-28-30-49(14)65(96-53(18)83)64-66(87)74-55(27-2)70(91)75(19)52(17)68(89)80(24)63(48(13)31-29-32-82-33-35-95-36-34-82)61(86)42-54(46(9)10)69(90)76(20)56(37-43(3)4)60(85)40-50(15)59(84)41-51(16)67(88)77(21)57(38-44(5)6)71(92)78(22)58(39-45(7)8)72(93)79(23)62(47(11)12)73(94)81(64)25/h26,28,43-52,54-58,62-65H,27,29-42H2,1-25H3,(H,74,87)/b28-26+/t48-,49-,50-,51+,52-,54+,55+,56+,57+,58+,62+,63?,64+,65-/m1/s1. The maximum absolute atomic E-state index is 15.5. The molecule has 0 aromatic heterocycles. The Balaban J connectivity index is 3.10. The molecule has 8 amide bonds. The Hall–Kier alpha value is -6.10. The molecule has 14 atom stereocenters. The van der Waals surface area contributed by atoms with Crippen LogP contribution in [0.4, 0.5) is 0 Å². The summed E-state index contributed by atoms with van der Waals surface area (Å²) in [4.78, 5) is 190. The smallest absolute Gasteiger partial charge is 0.303 e. The number of allylic oxidation sites excluding steroid dienone is 2. The topological polar surface area (TPSA) is 261 Å². The Morgan fingerprint density at radius 3 is 1.51 bits per heavy atom. The minimum atomic E-state index is -1.61. The van der Waals surface area contributed by atoms with Crippen LogP contribution in [-0.2, 0) is 67.0 Å². The highest BCUT2D eigenvalue weighted by Gasteiger charge is 2.47. The number of rotatable bonds is 19. The fraction of sp³-hybridized carbons (Fsp3) is 0.808. The van der Waals surface area contributed by atoms with E-state index in [-0.39, 0.29) is 80.0 Å². The maximum atomic E-state index is 15.5. The zero-order valence-electron chi connectivity index (χ0n) is 63.5. The average molecular weight is 1350 g/mol. The molecule has 23 nitrogen and oxygen atoms in total. The number of carbonyl (C=O) groups excluding carboxylic acids is 12. The minimum Gasteiger partial charge on any atom is -0.459 e. The second-order valence-electron chi connectivity index (χ2n) is 29.9. The molecule has 23 heteroatoms. The van der Waals surface area contributed by atoms with Crippen LogP contribution in [0.25, 0.3) is 0 Å². The van der Waals surface area contributed by atoms with E-state index < -0.39 is 149 Å². The Morgan fingerprint density at radius 1 is 0.542 bits per heavy atom. The predicted octanol–water partition coefficient (Wildman–Crippen LogP) is 7.20. The first kappa shape index (κ1) is 86.0. The molecule has 0 aromatic carbocycles. The lowest BCUT2D eigenvalue weighted by atomic mass is 9.82. The van der Waals surface area contributed by atoms with Crippen molar-refractivity contribution in [1.29, 1.82) is 0 Å². The largest absolute Gasteiger partial charge is 0.459 e. The number of likely N-dealkylation sites (N-methyl/N-ethyl adjacent to an activating group) is 7. The van der Waals surface area contributed by atoms with E-state index in [4.69, 9.17) is 9.47 Å². The fourth-order valence-electron chi connectivity index (χ4n) is 13.6. The summed E-state index contributed by atoms with van der Waals surface area (Å²) in [5.41, 5.74) is 0. The van der Waals surface area contributed by atoms with Crippen molar-refractivity contribution in [2.45, 2.75) is 243 Å². The molecule has 0 aromatic rings. The summed E-state index contributed by atoms with van der Waals surface area (Å²) in [6, 6.07) is -9.75. The lowest BCUT2D eigenvalue weighted by molar-refractivity contribution is -0.164. The monoisotopic (exact) mass is 1350 g/mol. The molecule has 0 spiro atoms. The molecule has 2 rings (SSSR count). The Labute approximate surface area is 576 Å². The number of carbonyl (C=O) groups is 12. The van der Waals surface area contributed by atoms with E-state index in [0.29, 0.717) is 32.5 Å². The van der Waals surface area contributed by atoms with Crippen molar-refractivity contribution in [3.8, 4) is 0 Å². The van der Waals surface area contributed by atoms with Gasteiger partial charge in [0.05, 0.1) is 25.3 Å². The predicted molar refractivity (Wildman–Crippen MR) is 372 cm³/mol. The van der Waals surface area contributed by atoms with E-state index in [1.54, 1.807) is 54.7 Å². The van der Waals surface area contributed by atoms with Crippen LogP contribution >= 0.6 is 0 Å². The second-order valence-corrected chi connectivity index (χ2v) is 29.9. The molecule has 0 saturated carbocycles. The molecular weight excluding hydrogens is 1230 g/mol. The highest BCUT2D eigenvalue weighted by Crippen LogP contribution is 2.31. The van der Waals surface area contributed by atoms with Crippen LogP contribution in [-0.4, -0.2) is 246 Å². The average Bonchev–Trinajstić information content (AvgIpc) is 0.808. The quantitative estimate of drug-likeness (QED) is 0.0990. The number of ketones is 3. The fourth-order valence-corrected chi connectivity index (χ4v) is 13.6. The van der Waals surface area contributed by atoms with Crippen LogP contribution in [0.1, 0.15) is 189 Å². The third kappa shape index (κ3) is 24.1. The lowest BCUT2D eigenvalue weighted by Crippen LogP contribution is -2.64. The molecular formula is C73H127N9O14. The number of Topliss-reactive ketones (excluding diaryl/α,β-unsaturated/α-hetero) is 3. The van der Waals surface area contributed by atoms with E-state index in [9.17, 15) is 24.0 Å². The van der Waals surface area contributed by atoms with E-state index in [1.165, 1.54) is 85.5 Å². The maximum Gasteiger partial charge on any atom is 0.303 e. The zero-order chi connectivity index (χ0) is 73.7. The van der Waals surface area contributed by atoms with Gasteiger partial charge in [-0.05, 0) is 107 Å². The van der Waals surface area contributed by atoms with Crippen LogP contribution < -0.4 is 5.32 Å². The van der Waals surface area contributed by atoms with Crippen molar-refractivity contribution in [3.05, 3.63) is 12.2 Å². The number of hydrogen-bond donors (Lipinski definition) is 1. The van der Waals surface area contributed by atoms with Crippen LogP contribution in [0.2, 0.25) is 0 Å². The van der Waals surface area contributed by atoms with Gasteiger partial charge in [-0.3, -0.25) is 62.4 Å². The van der Waals surface area contributed by atoms with Crippen molar-refractivity contribution in [1.82, 2.24) is 44.5 Å². The Morgan fingerprint density at radius 2 is 1.02 bits per heavy atom. The van der Waals surface area contributed by atoms with Gasteiger partial charge >= 0.3 is 5.97 Å². The summed E-state index contributed by atoms with van der Waals surface area (Å²) < 4.78 is 11.6. The highest BCUT2D eigenvalue weighted by molar-refractivity contribution is 6.00. The molecule has 2 aliphatic rings. The third-order valence-electron chi connectivity index (χ3n) is 19.8. The third-order valence-corrected chi connectivity index (χ3v) is 19.8. The summed E-state index contributed by atoms with van der Waals surface area (Å²) in [6.45, 7) is 35.0. The number of amides is 8. The van der Waals surface area contributed by atoms with Crippen molar-refractivity contribution in [2.24, 2.45) is 59.2 Å². The first-order chi connectivity index (χ1) is 44.6. The van der Waals surface area contributed by atoms with Crippen molar-refractivity contribution >= 4 is 70.6 Å². The molecule has 1 N–H and O–H groups in total. The lowest BCUT2D eigenvalue weighted by Gasteiger charge is -2.42. The van der Waals surface area contributed by atoms with E-state index >= 15 is 33.6 Å². The Kier molecular flexibility index (Phi) is 35.9. The van der Waals surface area contributed by atoms with Gasteiger partial charge in [0.2, 0.25) is 47.3 Å². The molecule has 96 heavy (non-hydrogen) atoms. The molecule has 0 radical (unpaired) electrons. The van der Waals surface area contributed by atoms with Crippen molar-refractivity contribution in [3.63, 3.8) is 0 Å². The van der Waals surface area contributed by atoms with Crippen LogP contribution in [0.3, 0.4) is 0 Å². The van der Waals surface area contributed by atoms with Gasteiger partial charge in [0.25, 0.3) is 0 Å². The second kappa shape index (κ2) is 40.1.